The Morgan fingerprint density at radius 1 is 0.338 bits per heavy atom. The van der Waals surface area contributed by atoms with Gasteiger partial charge in [-0.05, 0) is 115 Å². The average molecular weight is 868 g/mol. The van der Waals surface area contributed by atoms with Crippen LogP contribution in [-0.2, 0) is 5.41 Å². The average Bonchev–Trinajstić information content (AvgIpc) is 3.74. The highest BCUT2D eigenvalue weighted by molar-refractivity contribution is 7.00. The fraction of sp³-hybridized carbons (Fsp3) is 0.0625. The molecule has 0 atom stereocenters. The van der Waals surface area contributed by atoms with Crippen molar-refractivity contribution in [1.82, 2.24) is 9.13 Å². The van der Waals surface area contributed by atoms with Crippen molar-refractivity contribution in [1.29, 1.82) is 0 Å². The molecule has 2 aliphatic rings. The number of rotatable bonds is 3. The molecule has 0 unspecified atom stereocenters. The van der Waals surface area contributed by atoms with Crippen molar-refractivity contribution in [2.75, 3.05) is 4.90 Å². The van der Waals surface area contributed by atoms with Crippen LogP contribution in [0.1, 0.15) is 26.3 Å². The Balaban J connectivity index is 1.17. The predicted molar refractivity (Wildman–Crippen MR) is 291 cm³/mol. The van der Waals surface area contributed by atoms with Gasteiger partial charge < -0.3 is 14.0 Å². The van der Waals surface area contributed by atoms with E-state index in [-0.39, 0.29) is 12.1 Å². The molecule has 4 heteroatoms. The molecule has 0 N–H and O–H groups in total. The molecule has 68 heavy (non-hydrogen) atoms. The van der Waals surface area contributed by atoms with Crippen LogP contribution in [-0.4, -0.2) is 15.8 Å². The third-order valence-corrected chi connectivity index (χ3v) is 14.9. The van der Waals surface area contributed by atoms with E-state index in [1.807, 2.05) is 0 Å². The number of aromatic nitrogens is 2. The molecule has 0 amide bonds. The van der Waals surface area contributed by atoms with Gasteiger partial charge in [-0.2, -0.15) is 0 Å². The molecule has 2 aliphatic heterocycles. The van der Waals surface area contributed by atoms with E-state index in [0.717, 1.165) is 11.4 Å². The SMILES string of the molecule is CC(C)(C)c1cc2c3c(c1)-n1c4ccccc4c4ccccc4c4ccccc4c4cccc(c41)B3c1ccc(-n3c4ccccc4c4ccccc43)cc1N2c1ccc(-c2ccccc2)cc1. The van der Waals surface area contributed by atoms with Gasteiger partial charge in [0.25, 0.3) is 6.71 Å². The van der Waals surface area contributed by atoms with E-state index < -0.39 is 0 Å². The first-order valence-corrected chi connectivity index (χ1v) is 23.9. The molecule has 0 radical (unpaired) electrons. The fourth-order valence-electron chi connectivity index (χ4n) is 11.8. The molecule has 0 bridgehead atoms. The van der Waals surface area contributed by atoms with E-state index in [4.69, 9.17) is 0 Å². The predicted octanol–water partition coefficient (Wildman–Crippen LogP) is 14.9. The molecular formula is C64H46BN3. The summed E-state index contributed by atoms with van der Waals surface area (Å²) in [5.74, 6) is 0. The van der Waals surface area contributed by atoms with Gasteiger partial charge in [0.05, 0.1) is 16.6 Å². The van der Waals surface area contributed by atoms with Crippen molar-refractivity contribution in [3.63, 3.8) is 0 Å². The van der Waals surface area contributed by atoms with Gasteiger partial charge in [-0.3, -0.25) is 0 Å². The Labute approximate surface area is 396 Å². The second-order valence-electron chi connectivity index (χ2n) is 19.7. The third kappa shape index (κ3) is 5.61. The zero-order valence-electron chi connectivity index (χ0n) is 38.3. The Kier molecular flexibility index (Phi) is 8.34. The lowest BCUT2D eigenvalue weighted by Gasteiger charge is -2.42. The zero-order chi connectivity index (χ0) is 45.3. The highest BCUT2D eigenvalue weighted by Gasteiger charge is 2.42. The topological polar surface area (TPSA) is 13.1 Å². The number of fused-ring (bicyclic) bond motifs is 14. The lowest BCUT2D eigenvalue weighted by Crippen LogP contribution is -2.60. The molecule has 0 saturated heterocycles. The Bertz CT molecular complexity index is 4080. The van der Waals surface area contributed by atoms with Gasteiger partial charge in [-0.15, -0.1) is 0 Å². The highest BCUT2D eigenvalue weighted by atomic mass is 15.2. The Morgan fingerprint density at radius 3 is 1.43 bits per heavy atom. The molecule has 2 aromatic heterocycles. The Morgan fingerprint density at radius 2 is 0.809 bits per heavy atom. The largest absolute Gasteiger partial charge is 0.311 e. The van der Waals surface area contributed by atoms with Crippen molar-refractivity contribution in [2.24, 2.45) is 0 Å². The summed E-state index contributed by atoms with van der Waals surface area (Å²) in [7, 11) is 0. The molecule has 0 spiro atoms. The number of hydrogen-bond acceptors (Lipinski definition) is 1. The van der Waals surface area contributed by atoms with Crippen LogP contribution in [0.5, 0.6) is 0 Å². The summed E-state index contributed by atoms with van der Waals surface area (Å²) >= 11 is 0. The minimum Gasteiger partial charge on any atom is -0.311 e. The van der Waals surface area contributed by atoms with Gasteiger partial charge in [0.15, 0.2) is 0 Å². The van der Waals surface area contributed by atoms with Gasteiger partial charge >= 0.3 is 0 Å². The molecule has 0 aliphatic carbocycles. The molecule has 4 heterocycles. The van der Waals surface area contributed by atoms with Crippen LogP contribution in [0.2, 0.25) is 0 Å². The van der Waals surface area contributed by atoms with Crippen LogP contribution in [0, 0.1) is 0 Å². The maximum Gasteiger partial charge on any atom is 0.252 e. The van der Waals surface area contributed by atoms with Crippen molar-refractivity contribution < 1.29 is 0 Å². The summed E-state index contributed by atoms with van der Waals surface area (Å²) in [4.78, 5) is 2.58. The normalized spacial score (nSPS) is 12.9. The summed E-state index contributed by atoms with van der Waals surface area (Å²) < 4.78 is 5.10. The summed E-state index contributed by atoms with van der Waals surface area (Å²) in [6.07, 6.45) is 0. The molecule has 14 rings (SSSR count). The van der Waals surface area contributed by atoms with Gasteiger partial charge in [0.2, 0.25) is 0 Å². The quantitative estimate of drug-likeness (QED) is 0.161. The number of nitrogens with zero attached hydrogens (tertiary/aromatic N) is 3. The van der Waals surface area contributed by atoms with Gasteiger partial charge in [0, 0.05) is 55.5 Å². The van der Waals surface area contributed by atoms with Gasteiger partial charge in [0.1, 0.15) is 0 Å². The summed E-state index contributed by atoms with van der Waals surface area (Å²) in [6.45, 7) is 7.02. The van der Waals surface area contributed by atoms with Crippen LogP contribution in [0.4, 0.5) is 17.1 Å². The maximum atomic E-state index is 2.64. The lowest BCUT2D eigenvalue weighted by atomic mass is 9.33. The molecular weight excluding hydrogens is 822 g/mol. The van der Waals surface area contributed by atoms with Crippen LogP contribution in [0.3, 0.4) is 0 Å². The second kappa shape index (κ2) is 14.6. The number of para-hydroxylation sites is 4. The van der Waals surface area contributed by atoms with Crippen molar-refractivity contribution in [3.05, 3.63) is 230 Å². The Hall–Kier alpha value is -8.34. The van der Waals surface area contributed by atoms with E-state index >= 15 is 0 Å². The van der Waals surface area contributed by atoms with Crippen molar-refractivity contribution in [3.8, 4) is 22.5 Å². The standard InChI is InChI=1S/C64H46BN3/c1-64(2,3)43-38-60-62-61(39-43)68-58-31-16-11-24-50(58)48-22-9-7-20-46(48)47-21-8-10-23-49(47)53-27-17-28-55(63(53)68)65(62)54-37-36-45(67-56-29-14-12-25-51(56)52-26-13-15-30-57(52)67)40-59(54)66(60)44-34-32-42(33-35-44)41-18-5-4-6-19-41/h4-40H,1-3H3. The summed E-state index contributed by atoms with van der Waals surface area (Å²) in [5, 5.41) is 9.92. The van der Waals surface area contributed by atoms with Crippen LogP contribution < -0.4 is 21.3 Å². The van der Waals surface area contributed by atoms with E-state index in [2.05, 4.69) is 259 Å². The van der Waals surface area contributed by atoms with Crippen molar-refractivity contribution in [2.45, 2.75) is 26.2 Å². The minimum atomic E-state index is -0.160. The fourth-order valence-corrected chi connectivity index (χ4v) is 11.8. The van der Waals surface area contributed by atoms with Crippen molar-refractivity contribution >= 4 is 105 Å². The van der Waals surface area contributed by atoms with E-state index in [1.165, 1.54) is 115 Å². The molecule has 12 aromatic rings. The van der Waals surface area contributed by atoms with Crippen LogP contribution >= 0.6 is 0 Å². The highest BCUT2D eigenvalue weighted by Crippen LogP contribution is 2.45. The van der Waals surface area contributed by atoms with E-state index in [1.54, 1.807) is 0 Å². The van der Waals surface area contributed by atoms with Crippen LogP contribution in [0.15, 0.2) is 224 Å². The summed E-state index contributed by atoms with van der Waals surface area (Å²) in [6, 6.07) is 84.1. The summed E-state index contributed by atoms with van der Waals surface area (Å²) in [5.41, 5.74) is 18.2. The minimum absolute atomic E-state index is 0.0512. The molecule has 0 fully saturated rings. The van der Waals surface area contributed by atoms with Gasteiger partial charge in [-0.25, -0.2) is 0 Å². The number of hydrogen-bond donors (Lipinski definition) is 0. The molecule has 10 aromatic carbocycles. The molecule has 320 valence electrons. The van der Waals surface area contributed by atoms with Gasteiger partial charge in [-0.1, -0.05) is 191 Å². The first kappa shape index (κ1) is 38.9. The smallest absolute Gasteiger partial charge is 0.252 e. The maximum absolute atomic E-state index is 2.64. The third-order valence-electron chi connectivity index (χ3n) is 14.9. The van der Waals surface area contributed by atoms with Crippen LogP contribution in [0.25, 0.3) is 87.7 Å². The molecule has 3 nitrogen and oxygen atoms in total. The first-order valence-electron chi connectivity index (χ1n) is 23.9. The second-order valence-corrected chi connectivity index (χ2v) is 19.7. The zero-order valence-corrected chi connectivity index (χ0v) is 38.3. The molecule has 0 saturated carbocycles. The van der Waals surface area contributed by atoms with E-state index in [9.17, 15) is 0 Å². The first-order chi connectivity index (χ1) is 33.4. The lowest BCUT2D eigenvalue weighted by molar-refractivity contribution is 0.590. The van der Waals surface area contributed by atoms with E-state index in [0.29, 0.717) is 0 Å². The number of benzene rings is 10. The number of anilines is 3. The monoisotopic (exact) mass is 867 g/mol.